The maximum atomic E-state index is 13.4. The Hall–Kier alpha value is -2.58. The first-order valence-corrected chi connectivity index (χ1v) is 8.46. The molecule has 2 aromatic rings. The Morgan fingerprint density at radius 2 is 1.96 bits per heavy atom. The van der Waals surface area contributed by atoms with Gasteiger partial charge in [-0.15, -0.1) is 0 Å². The van der Waals surface area contributed by atoms with Gasteiger partial charge < -0.3 is 9.80 Å². The number of nitrogens with zero attached hydrogens (tertiary/aromatic N) is 3. The second-order valence-corrected chi connectivity index (χ2v) is 6.35. The van der Waals surface area contributed by atoms with Crippen molar-refractivity contribution in [1.29, 1.82) is 5.26 Å². The first-order valence-electron chi connectivity index (χ1n) is 8.08. The van der Waals surface area contributed by atoms with Gasteiger partial charge in [-0.2, -0.15) is 5.26 Å². The number of benzene rings is 2. The molecule has 0 radical (unpaired) electrons. The molecule has 1 aliphatic heterocycles. The van der Waals surface area contributed by atoms with Crippen molar-refractivity contribution < 1.29 is 9.18 Å². The summed E-state index contributed by atoms with van der Waals surface area (Å²) in [6.45, 7) is 2.46. The van der Waals surface area contributed by atoms with E-state index in [4.69, 9.17) is 11.6 Å². The van der Waals surface area contributed by atoms with Gasteiger partial charge in [0.2, 0.25) is 0 Å². The summed E-state index contributed by atoms with van der Waals surface area (Å²) in [7, 11) is 0. The monoisotopic (exact) mass is 357 g/mol. The predicted octanol–water partition coefficient (Wildman–Crippen LogP) is 3.70. The molecule has 0 aliphatic carbocycles. The predicted molar refractivity (Wildman–Crippen MR) is 95.3 cm³/mol. The van der Waals surface area contributed by atoms with Gasteiger partial charge in [-0.3, -0.25) is 4.79 Å². The van der Waals surface area contributed by atoms with Crippen LogP contribution in [0.1, 0.15) is 22.3 Å². The third kappa shape index (κ3) is 3.92. The Bertz CT molecular complexity index is 834. The van der Waals surface area contributed by atoms with E-state index < -0.39 is 5.82 Å². The first-order chi connectivity index (χ1) is 12.1. The molecule has 1 amide bonds. The lowest BCUT2D eigenvalue weighted by Crippen LogP contribution is -2.35. The van der Waals surface area contributed by atoms with Gasteiger partial charge in [0.1, 0.15) is 11.9 Å². The number of anilines is 1. The van der Waals surface area contributed by atoms with Gasteiger partial charge in [-0.25, -0.2) is 4.39 Å². The molecule has 25 heavy (non-hydrogen) atoms. The lowest BCUT2D eigenvalue weighted by atomic mass is 10.1. The second-order valence-electron chi connectivity index (χ2n) is 5.92. The van der Waals surface area contributed by atoms with Crippen LogP contribution in [0, 0.1) is 17.1 Å². The number of carbonyl (C=O) groups excluding carboxylic acids is 1. The van der Waals surface area contributed by atoms with E-state index in [1.54, 1.807) is 29.2 Å². The van der Waals surface area contributed by atoms with E-state index in [0.717, 1.165) is 18.7 Å². The smallest absolute Gasteiger partial charge is 0.254 e. The normalized spacial score (nSPS) is 14.8. The highest BCUT2D eigenvalue weighted by atomic mass is 35.5. The minimum atomic E-state index is -0.415. The molecular formula is C19H17ClFN3O. The fourth-order valence-corrected chi connectivity index (χ4v) is 3.21. The maximum Gasteiger partial charge on any atom is 0.254 e. The molecule has 1 fully saturated rings. The molecule has 4 nitrogen and oxygen atoms in total. The maximum absolute atomic E-state index is 13.4. The average molecular weight is 358 g/mol. The largest absolute Gasteiger partial charge is 0.369 e. The van der Waals surface area contributed by atoms with E-state index in [9.17, 15) is 14.4 Å². The number of amides is 1. The Labute approximate surface area is 151 Å². The van der Waals surface area contributed by atoms with Gasteiger partial charge in [-0.05, 0) is 42.8 Å². The molecule has 0 spiro atoms. The summed E-state index contributed by atoms with van der Waals surface area (Å²) in [4.78, 5) is 16.4. The fourth-order valence-electron chi connectivity index (χ4n) is 3.04. The van der Waals surface area contributed by atoms with Crippen LogP contribution < -0.4 is 4.90 Å². The molecule has 0 unspecified atom stereocenters. The number of halogens is 2. The number of hydrogen-bond donors (Lipinski definition) is 0. The lowest BCUT2D eigenvalue weighted by Gasteiger charge is -2.24. The Balaban J connectivity index is 1.75. The highest BCUT2D eigenvalue weighted by molar-refractivity contribution is 6.30. The number of nitriles is 1. The van der Waals surface area contributed by atoms with E-state index in [1.807, 2.05) is 6.07 Å². The summed E-state index contributed by atoms with van der Waals surface area (Å²) in [5.74, 6) is -0.583. The van der Waals surface area contributed by atoms with Gasteiger partial charge in [0.05, 0.1) is 11.3 Å². The van der Waals surface area contributed by atoms with Gasteiger partial charge in [0.25, 0.3) is 5.91 Å². The summed E-state index contributed by atoms with van der Waals surface area (Å²) in [6, 6.07) is 13.2. The van der Waals surface area contributed by atoms with E-state index in [1.165, 1.54) is 12.1 Å². The molecule has 3 rings (SSSR count). The molecule has 0 saturated carbocycles. The van der Waals surface area contributed by atoms with E-state index in [0.29, 0.717) is 35.8 Å². The molecule has 0 aromatic heterocycles. The van der Waals surface area contributed by atoms with Crippen molar-refractivity contribution in [3.05, 3.63) is 64.4 Å². The van der Waals surface area contributed by atoms with Crippen LogP contribution in [0.15, 0.2) is 42.5 Å². The van der Waals surface area contributed by atoms with Gasteiger partial charge in [-0.1, -0.05) is 17.7 Å². The van der Waals surface area contributed by atoms with Crippen molar-refractivity contribution >= 4 is 23.2 Å². The summed E-state index contributed by atoms with van der Waals surface area (Å²) in [5.41, 5.74) is 1.71. The molecule has 6 heteroatoms. The van der Waals surface area contributed by atoms with Crippen LogP contribution in [-0.2, 0) is 0 Å². The van der Waals surface area contributed by atoms with E-state index in [2.05, 4.69) is 11.0 Å². The van der Waals surface area contributed by atoms with E-state index >= 15 is 0 Å². The SMILES string of the molecule is N#Cc1cc(Cl)ccc1N1CCCN(C(=O)c2cccc(F)c2)CC1. The molecule has 1 heterocycles. The zero-order valence-electron chi connectivity index (χ0n) is 13.6. The standard InChI is InChI=1S/C19H17ClFN3O/c20-16-5-6-18(15(11-16)13-22)23-7-2-8-24(10-9-23)19(25)14-3-1-4-17(21)12-14/h1,3-6,11-12H,2,7-10H2. The molecule has 128 valence electrons. The molecule has 0 N–H and O–H groups in total. The topological polar surface area (TPSA) is 47.3 Å². The zero-order valence-corrected chi connectivity index (χ0v) is 14.3. The third-order valence-electron chi connectivity index (χ3n) is 4.27. The van der Waals surface area contributed by atoms with Gasteiger partial charge >= 0.3 is 0 Å². The Morgan fingerprint density at radius 1 is 1.12 bits per heavy atom. The summed E-state index contributed by atoms with van der Waals surface area (Å²) in [6.07, 6.45) is 0.772. The van der Waals surface area contributed by atoms with Crippen molar-refractivity contribution in [2.75, 3.05) is 31.1 Å². The van der Waals surface area contributed by atoms with Crippen molar-refractivity contribution in [3.63, 3.8) is 0 Å². The van der Waals surface area contributed by atoms with Crippen molar-refractivity contribution in [2.45, 2.75) is 6.42 Å². The van der Waals surface area contributed by atoms with Gasteiger partial charge in [0.15, 0.2) is 0 Å². The number of hydrogen-bond acceptors (Lipinski definition) is 3. The average Bonchev–Trinajstić information content (AvgIpc) is 2.87. The summed E-state index contributed by atoms with van der Waals surface area (Å²) >= 11 is 5.96. The quantitative estimate of drug-likeness (QED) is 0.823. The lowest BCUT2D eigenvalue weighted by molar-refractivity contribution is 0.0766. The molecular weight excluding hydrogens is 341 g/mol. The van der Waals surface area contributed by atoms with Crippen LogP contribution in [0.4, 0.5) is 10.1 Å². The van der Waals surface area contributed by atoms with Crippen LogP contribution in [0.2, 0.25) is 5.02 Å². The summed E-state index contributed by atoms with van der Waals surface area (Å²) in [5, 5.41) is 9.85. The van der Waals surface area contributed by atoms with Crippen molar-refractivity contribution in [2.24, 2.45) is 0 Å². The molecule has 1 aliphatic rings. The minimum absolute atomic E-state index is 0.169. The number of rotatable bonds is 2. The van der Waals surface area contributed by atoms with Gasteiger partial charge in [0, 0.05) is 36.8 Å². The van der Waals surface area contributed by atoms with Crippen LogP contribution in [0.25, 0.3) is 0 Å². The fraction of sp³-hybridized carbons (Fsp3) is 0.263. The third-order valence-corrected chi connectivity index (χ3v) is 4.51. The number of carbonyl (C=O) groups is 1. The first kappa shape index (κ1) is 17.2. The zero-order chi connectivity index (χ0) is 17.8. The molecule has 2 aromatic carbocycles. The second kappa shape index (κ2) is 7.54. The van der Waals surface area contributed by atoms with E-state index in [-0.39, 0.29) is 5.91 Å². The Kier molecular flexibility index (Phi) is 5.20. The van der Waals surface area contributed by atoms with Crippen molar-refractivity contribution in [1.82, 2.24) is 4.90 Å². The van der Waals surface area contributed by atoms with Crippen LogP contribution in [0.5, 0.6) is 0 Å². The highest BCUT2D eigenvalue weighted by Gasteiger charge is 2.22. The van der Waals surface area contributed by atoms with Crippen LogP contribution in [-0.4, -0.2) is 37.0 Å². The van der Waals surface area contributed by atoms with Crippen LogP contribution in [0.3, 0.4) is 0 Å². The summed E-state index contributed by atoms with van der Waals surface area (Å²) < 4.78 is 13.4. The minimum Gasteiger partial charge on any atom is -0.369 e. The van der Waals surface area contributed by atoms with Crippen LogP contribution >= 0.6 is 11.6 Å². The molecule has 1 saturated heterocycles. The molecule has 0 bridgehead atoms. The molecule has 0 atom stereocenters. The highest BCUT2D eigenvalue weighted by Crippen LogP contribution is 2.25. The Morgan fingerprint density at radius 3 is 2.72 bits per heavy atom. The van der Waals surface area contributed by atoms with Crippen molar-refractivity contribution in [3.8, 4) is 6.07 Å².